The minimum absolute atomic E-state index is 0.496. The van der Waals surface area contributed by atoms with Gasteiger partial charge in [-0.2, -0.15) is 10.3 Å². The van der Waals surface area contributed by atoms with Crippen molar-refractivity contribution in [2.24, 2.45) is 4.99 Å². The largest absolute Gasteiger partial charge is 0.355 e. The summed E-state index contributed by atoms with van der Waals surface area (Å²) in [5.74, 6) is 0.873. The Morgan fingerprint density at radius 1 is 1.56 bits per heavy atom. The van der Waals surface area contributed by atoms with Gasteiger partial charge in [-0.15, -0.1) is 0 Å². The van der Waals surface area contributed by atoms with Gasteiger partial charge in [0.25, 0.3) is 0 Å². The van der Waals surface area contributed by atoms with E-state index in [-0.39, 0.29) is 0 Å². The first-order valence-corrected chi connectivity index (χ1v) is 5.48. The third-order valence-electron chi connectivity index (χ3n) is 2.53. The summed E-state index contributed by atoms with van der Waals surface area (Å²) in [7, 11) is 0. The van der Waals surface area contributed by atoms with Crippen LogP contribution in [0.3, 0.4) is 0 Å². The molecule has 1 aliphatic rings. The van der Waals surface area contributed by atoms with Gasteiger partial charge in [-0.05, 0) is 18.1 Å². The summed E-state index contributed by atoms with van der Waals surface area (Å²) in [6.07, 6.45) is 5.54. The van der Waals surface area contributed by atoms with Crippen LogP contribution >= 0.6 is 11.6 Å². The maximum Gasteiger partial charge on any atom is 0.207 e. The average molecular weight is 235 g/mol. The molecule has 0 spiro atoms. The molecule has 1 fully saturated rings. The van der Waals surface area contributed by atoms with Crippen LogP contribution in [0.15, 0.2) is 23.3 Å². The lowest BCUT2D eigenvalue weighted by Crippen LogP contribution is -2.24. The standard InChI is InChI=1S/C11H11ClN4/c12-10-4-3-9(6-14-10)7-16-5-1-2-11(16)15-8-13/h3-4,6H,1-2,5,7H2/b15-11+. The summed E-state index contributed by atoms with van der Waals surface area (Å²) >= 11 is 5.72. The van der Waals surface area contributed by atoms with Crippen molar-refractivity contribution < 1.29 is 0 Å². The molecule has 0 aromatic carbocycles. The number of pyridine rings is 1. The topological polar surface area (TPSA) is 52.3 Å². The minimum Gasteiger partial charge on any atom is -0.355 e. The van der Waals surface area contributed by atoms with Gasteiger partial charge in [-0.25, -0.2) is 4.98 Å². The van der Waals surface area contributed by atoms with Crippen molar-refractivity contribution in [1.29, 1.82) is 5.26 Å². The number of nitriles is 1. The first-order valence-electron chi connectivity index (χ1n) is 5.10. The molecule has 1 aromatic heterocycles. The van der Waals surface area contributed by atoms with Gasteiger partial charge in [0.2, 0.25) is 6.19 Å². The first kappa shape index (κ1) is 10.9. The highest BCUT2D eigenvalue weighted by Gasteiger charge is 2.18. The number of hydrogen-bond acceptors (Lipinski definition) is 3. The van der Waals surface area contributed by atoms with Crippen LogP contribution in [0.25, 0.3) is 0 Å². The summed E-state index contributed by atoms with van der Waals surface area (Å²) in [6.45, 7) is 1.69. The van der Waals surface area contributed by atoms with Crippen molar-refractivity contribution in [2.75, 3.05) is 6.54 Å². The van der Waals surface area contributed by atoms with E-state index >= 15 is 0 Å². The van der Waals surface area contributed by atoms with Crippen molar-refractivity contribution in [3.05, 3.63) is 29.0 Å². The molecule has 1 aromatic rings. The van der Waals surface area contributed by atoms with Gasteiger partial charge < -0.3 is 4.90 Å². The summed E-state index contributed by atoms with van der Waals surface area (Å²) in [5, 5.41) is 9.05. The Kier molecular flexibility index (Phi) is 3.37. The highest BCUT2D eigenvalue weighted by Crippen LogP contribution is 2.16. The van der Waals surface area contributed by atoms with Crippen molar-refractivity contribution in [1.82, 2.24) is 9.88 Å². The van der Waals surface area contributed by atoms with Crippen LogP contribution in [-0.2, 0) is 6.54 Å². The van der Waals surface area contributed by atoms with Crippen molar-refractivity contribution in [3.63, 3.8) is 0 Å². The second kappa shape index (κ2) is 4.95. The number of likely N-dealkylation sites (tertiary alicyclic amines) is 1. The molecule has 0 atom stereocenters. The Balaban J connectivity index is 2.07. The SMILES string of the molecule is N#C/N=C1\CCCN1Cc1ccc(Cl)nc1. The molecule has 2 rings (SSSR count). The molecule has 1 saturated heterocycles. The van der Waals surface area contributed by atoms with E-state index in [2.05, 4.69) is 14.9 Å². The van der Waals surface area contributed by atoms with Crippen molar-refractivity contribution >= 4 is 17.4 Å². The monoisotopic (exact) mass is 234 g/mol. The van der Waals surface area contributed by atoms with E-state index in [9.17, 15) is 0 Å². The molecule has 0 radical (unpaired) electrons. The van der Waals surface area contributed by atoms with E-state index in [0.29, 0.717) is 5.15 Å². The maximum atomic E-state index is 8.55. The molecule has 0 bridgehead atoms. The quantitative estimate of drug-likeness (QED) is 0.582. The van der Waals surface area contributed by atoms with Gasteiger partial charge >= 0.3 is 0 Å². The lowest BCUT2D eigenvalue weighted by molar-refractivity contribution is 0.447. The number of halogens is 1. The molecule has 1 aliphatic heterocycles. The smallest absolute Gasteiger partial charge is 0.207 e. The fourth-order valence-corrected chi connectivity index (χ4v) is 1.90. The Hall–Kier alpha value is -1.60. The van der Waals surface area contributed by atoms with Gasteiger partial charge in [0.1, 0.15) is 11.0 Å². The molecule has 0 saturated carbocycles. The van der Waals surface area contributed by atoms with Crippen LogP contribution in [0, 0.1) is 11.5 Å². The summed E-state index contributed by atoms with van der Waals surface area (Å²) in [6, 6.07) is 3.71. The number of amidine groups is 1. The third kappa shape index (κ3) is 2.50. The maximum absolute atomic E-state index is 8.55. The Labute approximate surface area is 99.2 Å². The third-order valence-corrected chi connectivity index (χ3v) is 2.76. The predicted octanol–water partition coefficient (Wildman–Crippen LogP) is 2.21. The van der Waals surface area contributed by atoms with Crippen LogP contribution in [0.5, 0.6) is 0 Å². The normalized spacial score (nSPS) is 17.8. The molecule has 0 N–H and O–H groups in total. The highest BCUT2D eigenvalue weighted by molar-refractivity contribution is 6.29. The molecule has 5 heteroatoms. The van der Waals surface area contributed by atoms with Crippen LogP contribution in [0.2, 0.25) is 5.15 Å². The molecule has 16 heavy (non-hydrogen) atoms. The Bertz CT molecular complexity index is 432. The van der Waals surface area contributed by atoms with E-state index in [1.54, 1.807) is 12.3 Å². The number of aliphatic imine (C=N–C) groups is 1. The molecule has 0 amide bonds. The highest BCUT2D eigenvalue weighted by atomic mass is 35.5. The van der Waals surface area contributed by atoms with Gasteiger partial charge in [0.15, 0.2) is 0 Å². The number of aromatic nitrogens is 1. The number of nitrogens with zero attached hydrogens (tertiary/aromatic N) is 4. The van der Waals surface area contributed by atoms with Crippen molar-refractivity contribution in [2.45, 2.75) is 19.4 Å². The second-order valence-electron chi connectivity index (χ2n) is 3.64. The molecular weight excluding hydrogens is 224 g/mol. The molecule has 82 valence electrons. The zero-order valence-corrected chi connectivity index (χ0v) is 9.48. The van der Waals surface area contributed by atoms with E-state index in [0.717, 1.165) is 37.3 Å². The van der Waals surface area contributed by atoms with Gasteiger partial charge in [-0.3, -0.25) is 0 Å². The summed E-state index contributed by atoms with van der Waals surface area (Å²) in [5.41, 5.74) is 1.08. The van der Waals surface area contributed by atoms with Gasteiger partial charge in [0, 0.05) is 25.7 Å². The summed E-state index contributed by atoms with van der Waals surface area (Å²) < 4.78 is 0. The molecule has 0 unspecified atom stereocenters. The van der Waals surface area contributed by atoms with Crippen LogP contribution in [-0.4, -0.2) is 22.3 Å². The molecular formula is C11H11ClN4. The van der Waals surface area contributed by atoms with E-state index in [4.69, 9.17) is 16.9 Å². The van der Waals surface area contributed by atoms with E-state index in [1.807, 2.05) is 12.3 Å². The minimum atomic E-state index is 0.496. The molecule has 4 nitrogen and oxygen atoms in total. The van der Waals surface area contributed by atoms with E-state index in [1.165, 1.54) is 0 Å². The molecule has 2 heterocycles. The van der Waals surface area contributed by atoms with Crippen molar-refractivity contribution in [3.8, 4) is 6.19 Å². The zero-order valence-electron chi connectivity index (χ0n) is 8.73. The predicted molar refractivity (Wildman–Crippen MR) is 61.9 cm³/mol. The Morgan fingerprint density at radius 3 is 3.12 bits per heavy atom. The number of hydrogen-bond donors (Lipinski definition) is 0. The fraction of sp³-hybridized carbons (Fsp3) is 0.364. The van der Waals surface area contributed by atoms with Gasteiger partial charge in [0.05, 0.1) is 0 Å². The molecule has 0 aliphatic carbocycles. The second-order valence-corrected chi connectivity index (χ2v) is 4.03. The zero-order chi connectivity index (χ0) is 11.4. The lowest BCUT2D eigenvalue weighted by atomic mass is 10.3. The Morgan fingerprint density at radius 2 is 2.44 bits per heavy atom. The van der Waals surface area contributed by atoms with Crippen LogP contribution < -0.4 is 0 Å². The van der Waals surface area contributed by atoms with Crippen LogP contribution in [0.1, 0.15) is 18.4 Å². The van der Waals surface area contributed by atoms with Gasteiger partial charge in [-0.1, -0.05) is 17.7 Å². The average Bonchev–Trinajstić information content (AvgIpc) is 2.70. The lowest BCUT2D eigenvalue weighted by Gasteiger charge is -2.17. The first-order chi connectivity index (χ1) is 7.79. The fourth-order valence-electron chi connectivity index (χ4n) is 1.79. The number of rotatable bonds is 2. The van der Waals surface area contributed by atoms with Crippen LogP contribution in [0.4, 0.5) is 0 Å². The summed E-state index contributed by atoms with van der Waals surface area (Å²) in [4.78, 5) is 9.95. The van der Waals surface area contributed by atoms with E-state index < -0.39 is 0 Å².